The van der Waals surface area contributed by atoms with Crippen molar-refractivity contribution in [3.8, 4) is 0 Å². The van der Waals surface area contributed by atoms with Crippen molar-refractivity contribution < 1.29 is 22.8 Å². The second-order valence-electron chi connectivity index (χ2n) is 5.93. The Labute approximate surface area is 138 Å². The summed E-state index contributed by atoms with van der Waals surface area (Å²) in [5.74, 6) is 0.112. The third-order valence-corrected chi connectivity index (χ3v) is 3.80. The van der Waals surface area contributed by atoms with Gasteiger partial charge in [-0.15, -0.1) is 0 Å². The lowest BCUT2D eigenvalue weighted by Crippen LogP contribution is -2.38. The molecule has 2 rings (SSSR count). The molecule has 132 valence electrons. The van der Waals surface area contributed by atoms with Crippen LogP contribution in [0.15, 0.2) is 24.3 Å². The van der Waals surface area contributed by atoms with Crippen LogP contribution in [-0.4, -0.2) is 36.5 Å². The largest absolute Gasteiger partial charge is 0.418 e. The Kier molecular flexibility index (Phi) is 5.69. The van der Waals surface area contributed by atoms with E-state index in [0.717, 1.165) is 12.5 Å². The molecule has 0 radical (unpaired) electrons. The Hall–Kier alpha value is -2.25. The highest BCUT2D eigenvalue weighted by atomic mass is 19.4. The zero-order valence-corrected chi connectivity index (χ0v) is 13.3. The Morgan fingerprint density at radius 2 is 2.04 bits per heavy atom. The van der Waals surface area contributed by atoms with Crippen LogP contribution in [0.3, 0.4) is 0 Å². The van der Waals surface area contributed by atoms with Gasteiger partial charge < -0.3 is 15.5 Å². The molecule has 1 fully saturated rings. The maximum atomic E-state index is 12.9. The molecule has 0 aromatic heterocycles. The minimum absolute atomic E-state index is 0.00987. The number of nitrogens with one attached hydrogen (secondary N) is 2. The molecular formula is C16H20F3N3O2. The molecule has 1 aliphatic rings. The van der Waals surface area contributed by atoms with Gasteiger partial charge in [-0.05, 0) is 24.5 Å². The van der Waals surface area contributed by atoms with Crippen LogP contribution in [0.4, 0.5) is 23.7 Å². The Balaban J connectivity index is 1.84. The smallest absolute Gasteiger partial charge is 0.342 e. The van der Waals surface area contributed by atoms with Gasteiger partial charge in [0.05, 0.1) is 11.3 Å². The first-order valence-corrected chi connectivity index (χ1v) is 7.76. The molecule has 8 heteroatoms. The molecule has 1 heterocycles. The lowest BCUT2D eigenvalue weighted by Gasteiger charge is -2.21. The summed E-state index contributed by atoms with van der Waals surface area (Å²) in [5.41, 5.74) is -1.18. The van der Waals surface area contributed by atoms with Gasteiger partial charge >= 0.3 is 12.2 Å². The van der Waals surface area contributed by atoms with E-state index in [1.54, 1.807) is 4.90 Å². The van der Waals surface area contributed by atoms with E-state index in [1.807, 2.05) is 6.92 Å². The molecule has 5 nitrogen and oxygen atoms in total. The number of anilines is 1. The molecule has 1 saturated heterocycles. The van der Waals surface area contributed by atoms with Gasteiger partial charge in [0.15, 0.2) is 0 Å². The number of benzene rings is 1. The quantitative estimate of drug-likeness (QED) is 0.863. The highest BCUT2D eigenvalue weighted by molar-refractivity contribution is 5.90. The topological polar surface area (TPSA) is 61.4 Å². The van der Waals surface area contributed by atoms with Crippen LogP contribution in [0, 0.1) is 5.92 Å². The van der Waals surface area contributed by atoms with E-state index in [1.165, 1.54) is 18.2 Å². The number of likely N-dealkylation sites (tertiary alicyclic amines) is 1. The van der Waals surface area contributed by atoms with Crippen molar-refractivity contribution in [1.29, 1.82) is 0 Å². The normalized spacial score (nSPS) is 16.2. The zero-order chi connectivity index (χ0) is 17.7. The highest BCUT2D eigenvalue weighted by Gasteiger charge is 2.33. The average molecular weight is 343 g/mol. The van der Waals surface area contributed by atoms with Gasteiger partial charge in [-0.2, -0.15) is 13.2 Å². The average Bonchev–Trinajstić information content (AvgIpc) is 2.90. The van der Waals surface area contributed by atoms with Crippen LogP contribution in [-0.2, 0) is 11.0 Å². The molecule has 1 aliphatic heterocycles. The molecule has 24 heavy (non-hydrogen) atoms. The van der Waals surface area contributed by atoms with Crippen LogP contribution in [0.1, 0.15) is 25.3 Å². The van der Waals surface area contributed by atoms with Gasteiger partial charge in [0.25, 0.3) is 0 Å². The van der Waals surface area contributed by atoms with Crippen molar-refractivity contribution >= 4 is 17.6 Å². The molecule has 0 bridgehead atoms. The van der Waals surface area contributed by atoms with E-state index in [9.17, 15) is 22.8 Å². The van der Waals surface area contributed by atoms with E-state index < -0.39 is 17.8 Å². The van der Waals surface area contributed by atoms with E-state index in [-0.39, 0.29) is 24.1 Å². The van der Waals surface area contributed by atoms with Gasteiger partial charge in [0.2, 0.25) is 5.91 Å². The number of carbonyl (C=O) groups is 2. The maximum absolute atomic E-state index is 12.9. The van der Waals surface area contributed by atoms with Gasteiger partial charge in [-0.1, -0.05) is 19.1 Å². The molecule has 2 N–H and O–H groups in total. The number of carbonyl (C=O) groups excluding carboxylic acids is 2. The van der Waals surface area contributed by atoms with E-state index in [2.05, 4.69) is 10.6 Å². The molecule has 0 saturated carbocycles. The summed E-state index contributed by atoms with van der Waals surface area (Å²) >= 11 is 0. The number of hydrogen-bond acceptors (Lipinski definition) is 2. The van der Waals surface area contributed by atoms with Crippen LogP contribution >= 0.6 is 0 Å². The van der Waals surface area contributed by atoms with Crippen LogP contribution in [0.2, 0.25) is 0 Å². The predicted molar refractivity (Wildman–Crippen MR) is 83.4 cm³/mol. The van der Waals surface area contributed by atoms with E-state index in [4.69, 9.17) is 0 Å². The Morgan fingerprint density at radius 3 is 2.67 bits per heavy atom. The van der Waals surface area contributed by atoms with Crippen molar-refractivity contribution in [1.82, 2.24) is 10.2 Å². The molecule has 0 unspecified atom stereocenters. The van der Waals surface area contributed by atoms with Crippen molar-refractivity contribution in [2.45, 2.75) is 25.9 Å². The van der Waals surface area contributed by atoms with Gasteiger partial charge in [0, 0.05) is 26.1 Å². The second kappa shape index (κ2) is 7.55. The summed E-state index contributed by atoms with van der Waals surface area (Å²) in [6.07, 6.45) is -3.14. The highest BCUT2D eigenvalue weighted by Crippen LogP contribution is 2.34. The summed E-state index contributed by atoms with van der Waals surface area (Å²) in [6.45, 7) is 3.38. The van der Waals surface area contributed by atoms with Crippen molar-refractivity contribution in [3.05, 3.63) is 29.8 Å². The van der Waals surface area contributed by atoms with Gasteiger partial charge in [0.1, 0.15) is 0 Å². The van der Waals surface area contributed by atoms with Crippen LogP contribution in [0.25, 0.3) is 0 Å². The van der Waals surface area contributed by atoms with Crippen LogP contribution < -0.4 is 10.6 Å². The number of urea groups is 1. The minimum atomic E-state index is -4.53. The summed E-state index contributed by atoms with van der Waals surface area (Å²) in [5, 5.41) is 4.77. The molecule has 1 atom stereocenters. The maximum Gasteiger partial charge on any atom is 0.418 e. The fourth-order valence-electron chi connectivity index (χ4n) is 2.61. The van der Waals surface area contributed by atoms with Crippen LogP contribution in [0.5, 0.6) is 0 Å². The number of hydrogen-bond donors (Lipinski definition) is 2. The first-order valence-electron chi connectivity index (χ1n) is 7.76. The van der Waals surface area contributed by atoms with Crippen molar-refractivity contribution in [2.24, 2.45) is 5.92 Å². The SMILES string of the molecule is C[C@H](CNC(=O)Nc1ccccc1C(F)(F)F)CN1CCCC1=O. The van der Waals surface area contributed by atoms with E-state index >= 15 is 0 Å². The molecule has 1 aromatic carbocycles. The lowest BCUT2D eigenvalue weighted by molar-refractivity contribution is -0.137. The van der Waals surface area contributed by atoms with Crippen molar-refractivity contribution in [3.63, 3.8) is 0 Å². The molecule has 0 spiro atoms. The number of nitrogens with zero attached hydrogens (tertiary/aromatic N) is 1. The fraction of sp³-hybridized carbons (Fsp3) is 0.500. The van der Waals surface area contributed by atoms with Gasteiger partial charge in [-0.3, -0.25) is 4.79 Å². The second-order valence-corrected chi connectivity index (χ2v) is 5.93. The monoisotopic (exact) mass is 343 g/mol. The molecule has 1 aromatic rings. The Bertz CT molecular complexity index is 604. The third-order valence-electron chi connectivity index (χ3n) is 3.80. The number of halogens is 3. The summed E-state index contributed by atoms with van der Waals surface area (Å²) in [6, 6.07) is 4.10. The summed E-state index contributed by atoms with van der Waals surface area (Å²) < 4.78 is 38.6. The standard InChI is InChI=1S/C16H20F3N3O2/c1-11(10-22-8-4-7-14(22)23)9-20-15(24)21-13-6-3-2-5-12(13)16(17,18)19/h2-3,5-6,11H,4,7-10H2,1H3,(H2,20,21,24)/t11-/m1/s1. The fourth-order valence-corrected chi connectivity index (χ4v) is 2.61. The van der Waals surface area contributed by atoms with Gasteiger partial charge in [-0.25, -0.2) is 4.79 Å². The first-order chi connectivity index (χ1) is 11.3. The number of para-hydroxylation sites is 1. The molecule has 3 amide bonds. The molecular weight excluding hydrogens is 323 g/mol. The summed E-state index contributed by atoms with van der Waals surface area (Å²) in [7, 11) is 0. The third kappa shape index (κ3) is 4.87. The number of amides is 3. The Morgan fingerprint density at radius 1 is 1.33 bits per heavy atom. The predicted octanol–water partition coefficient (Wildman–Crippen LogP) is 3.09. The summed E-state index contributed by atoms with van der Waals surface area (Å²) in [4.78, 5) is 25.1. The number of rotatable bonds is 5. The lowest BCUT2D eigenvalue weighted by atomic mass is 10.1. The number of alkyl halides is 3. The van der Waals surface area contributed by atoms with E-state index in [0.29, 0.717) is 19.5 Å². The van der Waals surface area contributed by atoms with Crippen molar-refractivity contribution in [2.75, 3.05) is 25.0 Å². The zero-order valence-electron chi connectivity index (χ0n) is 13.3. The minimum Gasteiger partial charge on any atom is -0.342 e. The molecule has 0 aliphatic carbocycles. The first kappa shape index (κ1) is 18.1.